The lowest BCUT2D eigenvalue weighted by atomic mass is 10.2. The second-order valence-corrected chi connectivity index (χ2v) is 6.07. The molecule has 0 fully saturated rings. The second kappa shape index (κ2) is 8.51. The van der Waals surface area contributed by atoms with Crippen LogP contribution in [0, 0.1) is 13.8 Å². The Morgan fingerprint density at radius 3 is 2.50 bits per heavy atom. The van der Waals surface area contributed by atoms with Crippen molar-refractivity contribution in [3.05, 3.63) is 53.5 Å². The number of rotatable bonds is 7. The van der Waals surface area contributed by atoms with Crippen LogP contribution < -0.4 is 10.1 Å². The predicted octanol–water partition coefficient (Wildman–Crippen LogP) is 3.60. The van der Waals surface area contributed by atoms with E-state index in [2.05, 4.69) is 20.4 Å². The van der Waals surface area contributed by atoms with E-state index in [9.17, 15) is 4.79 Å². The van der Waals surface area contributed by atoms with Crippen LogP contribution in [0.3, 0.4) is 0 Å². The van der Waals surface area contributed by atoms with E-state index in [1.807, 2.05) is 51.1 Å². The van der Waals surface area contributed by atoms with Gasteiger partial charge in [0.2, 0.25) is 0 Å². The molecule has 8 heteroatoms. The van der Waals surface area contributed by atoms with Gasteiger partial charge in [0.1, 0.15) is 11.3 Å². The zero-order valence-electron chi connectivity index (χ0n) is 16.4. The highest BCUT2D eigenvalue weighted by atomic mass is 16.5. The number of anilines is 2. The normalized spacial score (nSPS) is 10.6. The van der Waals surface area contributed by atoms with Crippen LogP contribution in [0.4, 0.5) is 11.5 Å². The first-order valence-corrected chi connectivity index (χ1v) is 9.09. The fraction of sp³-hybridized carbons (Fsp3) is 0.300. The zero-order chi connectivity index (χ0) is 20.1. The van der Waals surface area contributed by atoms with E-state index in [0.717, 1.165) is 22.8 Å². The molecule has 8 nitrogen and oxygen atoms in total. The molecule has 1 N–H and O–H groups in total. The van der Waals surface area contributed by atoms with Crippen LogP contribution in [0.1, 0.15) is 35.6 Å². The smallest absolute Gasteiger partial charge is 0.343 e. The first kappa shape index (κ1) is 19.3. The molecule has 0 aliphatic heterocycles. The average molecular weight is 381 g/mol. The lowest BCUT2D eigenvalue weighted by molar-refractivity contribution is 0.0526. The van der Waals surface area contributed by atoms with Crippen LogP contribution in [0.25, 0.3) is 5.95 Å². The number of hydrogen-bond donors (Lipinski definition) is 1. The molecule has 2 heterocycles. The summed E-state index contributed by atoms with van der Waals surface area (Å²) in [6.07, 6.45) is 1.45. The first-order valence-electron chi connectivity index (χ1n) is 9.09. The van der Waals surface area contributed by atoms with Gasteiger partial charge in [-0.05, 0) is 58.0 Å². The summed E-state index contributed by atoms with van der Waals surface area (Å²) in [6, 6.07) is 9.33. The third-order valence-electron chi connectivity index (χ3n) is 3.90. The van der Waals surface area contributed by atoms with Crippen molar-refractivity contribution in [1.29, 1.82) is 0 Å². The molecule has 0 aliphatic carbocycles. The molecule has 2 aromatic heterocycles. The van der Waals surface area contributed by atoms with Crippen LogP contribution in [0.5, 0.6) is 5.75 Å². The van der Waals surface area contributed by atoms with Crippen molar-refractivity contribution in [2.45, 2.75) is 27.7 Å². The molecule has 0 bridgehead atoms. The molecule has 3 aromatic rings. The quantitative estimate of drug-likeness (QED) is 0.625. The maximum Gasteiger partial charge on any atom is 0.343 e. The van der Waals surface area contributed by atoms with Crippen molar-refractivity contribution < 1.29 is 14.3 Å². The summed E-state index contributed by atoms with van der Waals surface area (Å²) in [5, 5.41) is 7.57. The highest BCUT2D eigenvalue weighted by Gasteiger charge is 2.18. The van der Waals surface area contributed by atoms with Crippen LogP contribution in [-0.2, 0) is 4.74 Å². The number of aromatic nitrogens is 4. The minimum absolute atomic E-state index is 0.251. The Morgan fingerprint density at radius 1 is 1.14 bits per heavy atom. The zero-order valence-corrected chi connectivity index (χ0v) is 16.4. The Balaban J connectivity index is 1.98. The Labute approximate surface area is 163 Å². The van der Waals surface area contributed by atoms with E-state index < -0.39 is 5.97 Å². The van der Waals surface area contributed by atoms with E-state index in [0.29, 0.717) is 18.4 Å². The van der Waals surface area contributed by atoms with Crippen molar-refractivity contribution in [2.24, 2.45) is 0 Å². The molecular weight excluding hydrogens is 358 g/mol. The summed E-state index contributed by atoms with van der Waals surface area (Å²) in [7, 11) is 0. The van der Waals surface area contributed by atoms with Gasteiger partial charge in [0.25, 0.3) is 5.95 Å². The monoisotopic (exact) mass is 381 g/mol. The molecule has 1 aromatic carbocycles. The van der Waals surface area contributed by atoms with E-state index in [1.54, 1.807) is 11.6 Å². The van der Waals surface area contributed by atoms with Gasteiger partial charge < -0.3 is 14.8 Å². The number of benzene rings is 1. The van der Waals surface area contributed by atoms with Crippen molar-refractivity contribution in [1.82, 2.24) is 19.7 Å². The van der Waals surface area contributed by atoms with Gasteiger partial charge in [-0.3, -0.25) is 0 Å². The third-order valence-corrected chi connectivity index (χ3v) is 3.90. The number of ether oxygens (including phenoxy) is 2. The van der Waals surface area contributed by atoms with Gasteiger partial charge in [-0.25, -0.2) is 14.5 Å². The number of carbonyl (C=O) groups excluding carboxylic acids is 1. The highest BCUT2D eigenvalue weighted by Crippen LogP contribution is 2.23. The fourth-order valence-electron chi connectivity index (χ4n) is 2.70. The molecule has 0 aliphatic rings. The molecule has 0 saturated carbocycles. The minimum Gasteiger partial charge on any atom is -0.494 e. The van der Waals surface area contributed by atoms with Crippen molar-refractivity contribution in [3.8, 4) is 11.7 Å². The van der Waals surface area contributed by atoms with Crippen molar-refractivity contribution in [3.63, 3.8) is 0 Å². The summed E-state index contributed by atoms with van der Waals surface area (Å²) in [5.41, 5.74) is 2.76. The molecule has 0 amide bonds. The standard InChI is InChI=1S/C20H23N5O3/c1-5-27-16-9-7-15(8-10-16)22-18-17(19(26)28-6-2)12-21-20(23-18)25-14(4)11-13(3)24-25/h7-12H,5-6H2,1-4H3,(H,21,22,23). The third kappa shape index (κ3) is 4.28. The van der Waals surface area contributed by atoms with E-state index in [-0.39, 0.29) is 12.2 Å². The molecular formula is C20H23N5O3. The largest absolute Gasteiger partial charge is 0.494 e. The maximum atomic E-state index is 12.3. The number of nitrogens with one attached hydrogen (secondary N) is 1. The fourth-order valence-corrected chi connectivity index (χ4v) is 2.70. The van der Waals surface area contributed by atoms with Crippen molar-refractivity contribution >= 4 is 17.5 Å². The molecule has 3 rings (SSSR count). The van der Waals surface area contributed by atoms with E-state index >= 15 is 0 Å². The molecule has 0 saturated heterocycles. The van der Waals surface area contributed by atoms with Crippen LogP contribution in [0.2, 0.25) is 0 Å². The molecule has 28 heavy (non-hydrogen) atoms. The maximum absolute atomic E-state index is 12.3. The number of hydrogen-bond acceptors (Lipinski definition) is 7. The Hall–Kier alpha value is -3.42. The van der Waals surface area contributed by atoms with E-state index in [4.69, 9.17) is 9.47 Å². The van der Waals surface area contributed by atoms with Gasteiger partial charge in [-0.2, -0.15) is 10.1 Å². The summed E-state index contributed by atoms with van der Waals surface area (Å²) >= 11 is 0. The summed E-state index contributed by atoms with van der Waals surface area (Å²) in [5.74, 6) is 0.993. The van der Waals surface area contributed by atoms with Crippen LogP contribution >= 0.6 is 0 Å². The van der Waals surface area contributed by atoms with Gasteiger partial charge in [-0.1, -0.05) is 0 Å². The van der Waals surface area contributed by atoms with Crippen molar-refractivity contribution in [2.75, 3.05) is 18.5 Å². The molecule has 0 spiro atoms. The summed E-state index contributed by atoms with van der Waals surface area (Å²) in [4.78, 5) is 21.1. The highest BCUT2D eigenvalue weighted by molar-refractivity contribution is 5.95. The second-order valence-electron chi connectivity index (χ2n) is 6.07. The Morgan fingerprint density at radius 2 is 1.89 bits per heavy atom. The topological polar surface area (TPSA) is 91.2 Å². The predicted molar refractivity (Wildman–Crippen MR) is 105 cm³/mol. The van der Waals surface area contributed by atoms with Gasteiger partial charge in [0.15, 0.2) is 5.82 Å². The average Bonchev–Trinajstić information content (AvgIpc) is 3.02. The number of esters is 1. The van der Waals surface area contributed by atoms with Gasteiger partial charge in [-0.15, -0.1) is 0 Å². The summed E-state index contributed by atoms with van der Waals surface area (Å²) < 4.78 is 12.2. The Bertz CT molecular complexity index is 966. The minimum atomic E-state index is -0.490. The number of aryl methyl sites for hydroxylation is 2. The Kier molecular flexibility index (Phi) is 5.88. The van der Waals surface area contributed by atoms with Gasteiger partial charge >= 0.3 is 5.97 Å². The number of nitrogens with zero attached hydrogens (tertiary/aromatic N) is 4. The van der Waals surface area contributed by atoms with E-state index in [1.165, 1.54) is 6.20 Å². The molecule has 0 radical (unpaired) electrons. The lowest BCUT2D eigenvalue weighted by Crippen LogP contribution is -2.13. The SMILES string of the molecule is CCOC(=O)c1cnc(-n2nc(C)cc2C)nc1Nc1ccc(OCC)cc1. The number of carbonyl (C=O) groups is 1. The van der Waals surface area contributed by atoms with Gasteiger partial charge in [0.05, 0.1) is 18.9 Å². The first-order chi connectivity index (χ1) is 13.5. The molecule has 146 valence electrons. The van der Waals surface area contributed by atoms with Gasteiger partial charge in [0, 0.05) is 17.6 Å². The molecule has 0 unspecified atom stereocenters. The van der Waals surface area contributed by atoms with Crippen LogP contribution in [-0.4, -0.2) is 38.9 Å². The molecule has 0 atom stereocenters. The lowest BCUT2D eigenvalue weighted by Gasteiger charge is -2.12. The van der Waals surface area contributed by atoms with Crippen LogP contribution in [0.15, 0.2) is 36.5 Å². The summed E-state index contributed by atoms with van der Waals surface area (Å²) in [6.45, 7) is 8.36.